The Labute approximate surface area is 162 Å². The van der Waals surface area contributed by atoms with Crippen LogP contribution in [0, 0.1) is 5.92 Å². The summed E-state index contributed by atoms with van der Waals surface area (Å²) >= 11 is 12.4. The number of amides is 1. The number of anilines is 1. The predicted molar refractivity (Wildman–Crippen MR) is 107 cm³/mol. The molecule has 3 aromatic carbocycles. The lowest BCUT2D eigenvalue weighted by molar-refractivity contribution is -0.117. The summed E-state index contributed by atoms with van der Waals surface area (Å²) in [4.78, 5) is 13.0. The van der Waals surface area contributed by atoms with E-state index in [1.54, 1.807) is 18.2 Å². The maximum Gasteiger partial charge on any atom is 0.228 e. The lowest BCUT2D eigenvalue weighted by Gasteiger charge is -2.19. The molecule has 1 N–H and O–H groups in total. The average Bonchev–Trinajstić information content (AvgIpc) is 3.43. The molecule has 0 heterocycles. The van der Waals surface area contributed by atoms with E-state index in [2.05, 4.69) is 29.6 Å². The standard InChI is InChI=1S/C22H17Cl2NO/c23-18-12-7-13-19(24)20(18)25-21(26)17-14-22(17,15-8-3-1-4-9-15)16-10-5-2-6-11-16/h1-13,17H,14H2,(H,25,26)/t17-/m1/s1. The van der Waals surface area contributed by atoms with Crippen molar-refractivity contribution in [3.8, 4) is 0 Å². The maximum atomic E-state index is 13.0. The third-order valence-corrected chi connectivity index (χ3v) is 5.70. The zero-order valence-corrected chi connectivity index (χ0v) is 15.5. The molecular formula is C22H17Cl2NO. The summed E-state index contributed by atoms with van der Waals surface area (Å²) < 4.78 is 0. The zero-order valence-electron chi connectivity index (χ0n) is 14.0. The lowest BCUT2D eigenvalue weighted by Crippen LogP contribution is -2.22. The zero-order chi connectivity index (χ0) is 18.1. The summed E-state index contributed by atoms with van der Waals surface area (Å²) in [6.07, 6.45) is 0.759. The molecule has 4 heteroatoms. The number of benzene rings is 3. The number of para-hydroxylation sites is 1. The summed E-state index contributed by atoms with van der Waals surface area (Å²) in [5.74, 6) is -0.229. The predicted octanol–water partition coefficient (Wildman–Crippen LogP) is 5.94. The van der Waals surface area contributed by atoms with Crippen molar-refractivity contribution < 1.29 is 4.79 Å². The molecule has 0 saturated heterocycles. The molecule has 1 saturated carbocycles. The minimum absolute atomic E-state index is 0.0623. The van der Waals surface area contributed by atoms with Crippen molar-refractivity contribution in [2.45, 2.75) is 11.8 Å². The summed E-state index contributed by atoms with van der Waals surface area (Å²) in [5, 5.41) is 3.81. The van der Waals surface area contributed by atoms with Gasteiger partial charge < -0.3 is 5.32 Å². The molecule has 3 aromatic rings. The van der Waals surface area contributed by atoms with Crippen LogP contribution in [-0.2, 0) is 10.2 Å². The van der Waals surface area contributed by atoms with Gasteiger partial charge in [-0.15, -0.1) is 0 Å². The van der Waals surface area contributed by atoms with Crippen molar-refractivity contribution in [2.75, 3.05) is 5.32 Å². The Morgan fingerprint density at radius 1 is 0.808 bits per heavy atom. The number of carbonyl (C=O) groups excluding carboxylic acids is 1. The molecule has 0 aliphatic heterocycles. The molecule has 130 valence electrons. The van der Waals surface area contributed by atoms with Crippen molar-refractivity contribution in [1.82, 2.24) is 0 Å². The first kappa shape index (κ1) is 17.1. The first-order valence-corrected chi connectivity index (χ1v) is 9.24. The Bertz CT molecular complexity index is 881. The van der Waals surface area contributed by atoms with Crippen LogP contribution in [0.2, 0.25) is 10.0 Å². The van der Waals surface area contributed by atoms with Crippen molar-refractivity contribution in [3.63, 3.8) is 0 Å². The van der Waals surface area contributed by atoms with Crippen LogP contribution >= 0.6 is 23.2 Å². The smallest absolute Gasteiger partial charge is 0.228 e. The summed E-state index contributed by atoms with van der Waals surface area (Å²) in [6.45, 7) is 0. The van der Waals surface area contributed by atoms with E-state index >= 15 is 0 Å². The number of halogens is 2. The molecule has 2 nitrogen and oxygen atoms in total. The monoisotopic (exact) mass is 381 g/mol. The van der Waals surface area contributed by atoms with Gasteiger partial charge in [-0.3, -0.25) is 4.79 Å². The minimum atomic E-state index is -0.305. The van der Waals surface area contributed by atoms with Crippen LogP contribution in [0.1, 0.15) is 17.5 Å². The largest absolute Gasteiger partial charge is 0.323 e. The van der Waals surface area contributed by atoms with E-state index in [0.717, 1.165) is 17.5 Å². The van der Waals surface area contributed by atoms with E-state index in [-0.39, 0.29) is 17.2 Å². The highest BCUT2D eigenvalue weighted by atomic mass is 35.5. The molecular weight excluding hydrogens is 365 g/mol. The molecule has 1 amide bonds. The molecule has 1 atom stereocenters. The van der Waals surface area contributed by atoms with Gasteiger partial charge >= 0.3 is 0 Å². The Morgan fingerprint density at radius 2 is 1.31 bits per heavy atom. The quantitative estimate of drug-likeness (QED) is 0.595. The molecule has 1 aliphatic carbocycles. The lowest BCUT2D eigenvalue weighted by atomic mass is 9.85. The molecule has 0 bridgehead atoms. The van der Waals surface area contributed by atoms with Crippen LogP contribution in [0.25, 0.3) is 0 Å². The van der Waals surface area contributed by atoms with Crippen LogP contribution in [0.4, 0.5) is 5.69 Å². The van der Waals surface area contributed by atoms with Crippen molar-refractivity contribution >= 4 is 34.8 Å². The van der Waals surface area contributed by atoms with Crippen LogP contribution in [-0.4, -0.2) is 5.91 Å². The van der Waals surface area contributed by atoms with Gasteiger partial charge in [-0.2, -0.15) is 0 Å². The average molecular weight is 382 g/mol. The third kappa shape index (κ3) is 2.90. The SMILES string of the molecule is O=C(Nc1c(Cl)cccc1Cl)[C@H]1CC1(c1ccccc1)c1ccccc1. The molecule has 4 rings (SSSR count). The Morgan fingerprint density at radius 3 is 1.81 bits per heavy atom. The van der Waals surface area contributed by atoms with Gasteiger partial charge in [0.1, 0.15) is 0 Å². The fourth-order valence-electron chi connectivity index (χ4n) is 3.68. The second kappa shape index (κ2) is 6.79. The summed E-state index contributed by atoms with van der Waals surface area (Å²) in [6, 6.07) is 25.6. The normalized spacial score (nSPS) is 17.5. The number of hydrogen-bond acceptors (Lipinski definition) is 1. The summed E-state index contributed by atoms with van der Waals surface area (Å²) in [5.41, 5.74) is 2.47. The number of rotatable bonds is 4. The molecule has 26 heavy (non-hydrogen) atoms. The minimum Gasteiger partial charge on any atom is -0.323 e. The number of hydrogen-bond donors (Lipinski definition) is 1. The first-order valence-electron chi connectivity index (χ1n) is 8.49. The fourth-order valence-corrected chi connectivity index (χ4v) is 4.17. The number of nitrogens with one attached hydrogen (secondary N) is 1. The molecule has 0 radical (unpaired) electrons. The Kier molecular flexibility index (Phi) is 4.47. The van der Waals surface area contributed by atoms with Crippen molar-refractivity contribution in [3.05, 3.63) is 100 Å². The highest BCUT2D eigenvalue weighted by Crippen LogP contribution is 2.59. The van der Waals surface area contributed by atoms with Gasteiger partial charge in [-0.25, -0.2) is 0 Å². The van der Waals surface area contributed by atoms with Gasteiger partial charge in [0.2, 0.25) is 5.91 Å². The molecule has 0 aromatic heterocycles. The van der Waals surface area contributed by atoms with Gasteiger partial charge in [-0.05, 0) is 29.7 Å². The van der Waals surface area contributed by atoms with Crippen molar-refractivity contribution in [1.29, 1.82) is 0 Å². The molecule has 0 unspecified atom stereocenters. The van der Waals surface area contributed by atoms with E-state index < -0.39 is 0 Å². The van der Waals surface area contributed by atoms with Gasteiger partial charge in [0.25, 0.3) is 0 Å². The second-order valence-electron chi connectivity index (χ2n) is 6.55. The van der Waals surface area contributed by atoms with E-state index in [4.69, 9.17) is 23.2 Å². The van der Waals surface area contributed by atoms with Crippen LogP contribution < -0.4 is 5.32 Å². The van der Waals surface area contributed by atoms with Gasteiger partial charge in [0.05, 0.1) is 21.7 Å². The van der Waals surface area contributed by atoms with Gasteiger partial charge in [-0.1, -0.05) is 89.9 Å². The fraction of sp³-hybridized carbons (Fsp3) is 0.136. The second-order valence-corrected chi connectivity index (χ2v) is 7.36. The highest BCUT2D eigenvalue weighted by molar-refractivity contribution is 6.39. The van der Waals surface area contributed by atoms with Gasteiger partial charge in [0, 0.05) is 5.41 Å². The maximum absolute atomic E-state index is 13.0. The van der Waals surface area contributed by atoms with Crippen LogP contribution in [0.5, 0.6) is 0 Å². The molecule has 0 spiro atoms. The third-order valence-electron chi connectivity index (χ3n) is 5.07. The highest BCUT2D eigenvalue weighted by Gasteiger charge is 2.60. The first-order chi connectivity index (χ1) is 12.6. The molecule has 1 fully saturated rings. The Hall–Kier alpha value is -2.29. The number of carbonyl (C=O) groups is 1. The Balaban J connectivity index is 1.68. The van der Waals surface area contributed by atoms with E-state index in [9.17, 15) is 4.79 Å². The van der Waals surface area contributed by atoms with E-state index in [1.165, 1.54) is 0 Å². The van der Waals surface area contributed by atoms with Gasteiger partial charge in [0.15, 0.2) is 0 Å². The van der Waals surface area contributed by atoms with E-state index in [1.807, 2.05) is 36.4 Å². The van der Waals surface area contributed by atoms with E-state index in [0.29, 0.717) is 15.7 Å². The molecule has 1 aliphatic rings. The van der Waals surface area contributed by atoms with Crippen LogP contribution in [0.3, 0.4) is 0 Å². The van der Waals surface area contributed by atoms with Crippen molar-refractivity contribution in [2.24, 2.45) is 5.92 Å². The topological polar surface area (TPSA) is 29.1 Å². The van der Waals surface area contributed by atoms with Crippen LogP contribution in [0.15, 0.2) is 78.9 Å². The summed E-state index contributed by atoms with van der Waals surface area (Å²) in [7, 11) is 0.